The molecule has 1 fully saturated rings. The van der Waals surface area contributed by atoms with Crippen LogP contribution in [0.1, 0.15) is 33.1 Å². The Balaban J connectivity index is 1.91. The zero-order valence-corrected chi connectivity index (χ0v) is 14.2. The van der Waals surface area contributed by atoms with Gasteiger partial charge < -0.3 is 14.4 Å². The van der Waals surface area contributed by atoms with Crippen LogP contribution in [-0.4, -0.2) is 42.1 Å². The van der Waals surface area contributed by atoms with Crippen LogP contribution in [0.15, 0.2) is 24.3 Å². The van der Waals surface area contributed by atoms with E-state index in [-0.39, 0.29) is 5.91 Å². The second-order valence-electron chi connectivity index (χ2n) is 5.58. The van der Waals surface area contributed by atoms with E-state index in [0.717, 1.165) is 25.9 Å². The smallest absolute Gasteiger partial charge is 0.348 e. The number of benzene rings is 1. The van der Waals surface area contributed by atoms with Gasteiger partial charge in [-0.3, -0.25) is 4.79 Å². The number of carbonyl (C=O) groups excluding carboxylic acids is 2. The minimum atomic E-state index is -0.788. The van der Waals surface area contributed by atoms with Crippen molar-refractivity contribution < 1.29 is 19.1 Å². The molecule has 126 valence electrons. The van der Waals surface area contributed by atoms with Crippen molar-refractivity contribution in [2.75, 3.05) is 13.1 Å². The monoisotopic (exact) mass is 339 g/mol. The molecule has 1 aromatic carbocycles. The molecule has 0 aromatic heterocycles. The van der Waals surface area contributed by atoms with Crippen molar-refractivity contribution in [3.05, 3.63) is 29.3 Å². The van der Waals surface area contributed by atoms with Gasteiger partial charge in [-0.1, -0.05) is 18.5 Å². The summed E-state index contributed by atoms with van der Waals surface area (Å²) in [5.41, 5.74) is 0. The highest BCUT2D eigenvalue weighted by Crippen LogP contribution is 2.18. The lowest BCUT2D eigenvalue weighted by atomic mass is 10.2. The molecule has 0 bridgehead atoms. The van der Waals surface area contributed by atoms with Gasteiger partial charge >= 0.3 is 5.97 Å². The number of halogens is 1. The third-order valence-electron chi connectivity index (χ3n) is 3.78. The number of hydrogen-bond acceptors (Lipinski definition) is 4. The van der Waals surface area contributed by atoms with E-state index in [0.29, 0.717) is 17.2 Å². The highest BCUT2D eigenvalue weighted by molar-refractivity contribution is 6.30. The number of hydrogen-bond donors (Lipinski definition) is 0. The minimum absolute atomic E-state index is 0.141. The van der Waals surface area contributed by atoms with Crippen LogP contribution in [0, 0.1) is 0 Å². The lowest BCUT2D eigenvalue weighted by Crippen LogP contribution is -2.40. The fourth-order valence-corrected chi connectivity index (χ4v) is 2.60. The van der Waals surface area contributed by atoms with Crippen LogP contribution < -0.4 is 4.74 Å². The van der Waals surface area contributed by atoms with Crippen LogP contribution >= 0.6 is 11.6 Å². The maximum Gasteiger partial charge on any atom is 0.348 e. The van der Waals surface area contributed by atoms with Gasteiger partial charge in [0.15, 0.2) is 12.2 Å². The Labute approximate surface area is 141 Å². The molecule has 1 heterocycles. The molecule has 2 atom stereocenters. The summed E-state index contributed by atoms with van der Waals surface area (Å²) in [6.45, 7) is 4.90. The fourth-order valence-electron chi connectivity index (χ4n) is 2.47. The molecule has 6 heteroatoms. The maximum atomic E-state index is 12.2. The quantitative estimate of drug-likeness (QED) is 0.747. The molecule has 1 aliphatic heterocycles. The van der Waals surface area contributed by atoms with Crippen LogP contribution in [0.2, 0.25) is 5.02 Å². The Hall–Kier alpha value is -1.75. The van der Waals surface area contributed by atoms with Crippen molar-refractivity contribution in [2.24, 2.45) is 0 Å². The van der Waals surface area contributed by atoms with E-state index < -0.39 is 18.2 Å². The van der Waals surface area contributed by atoms with Gasteiger partial charge in [0.05, 0.1) is 0 Å². The first kappa shape index (κ1) is 17.6. The molecular formula is C17H22ClNO4. The Morgan fingerprint density at radius 1 is 1.22 bits per heavy atom. The Bertz CT molecular complexity index is 540. The summed E-state index contributed by atoms with van der Waals surface area (Å²) in [4.78, 5) is 26.1. The summed E-state index contributed by atoms with van der Waals surface area (Å²) >= 11 is 5.82. The molecular weight excluding hydrogens is 318 g/mol. The molecule has 0 aliphatic carbocycles. The van der Waals surface area contributed by atoms with Crippen molar-refractivity contribution in [2.45, 2.75) is 45.3 Å². The number of esters is 1. The number of ether oxygens (including phenoxy) is 2. The lowest BCUT2D eigenvalue weighted by molar-refractivity contribution is -0.164. The summed E-state index contributed by atoms with van der Waals surface area (Å²) in [5.74, 6) is -0.128. The summed E-state index contributed by atoms with van der Waals surface area (Å²) in [6.07, 6.45) is 0.924. The first-order valence-corrected chi connectivity index (χ1v) is 8.30. The topological polar surface area (TPSA) is 55.8 Å². The zero-order valence-electron chi connectivity index (χ0n) is 13.5. The average molecular weight is 340 g/mol. The summed E-state index contributed by atoms with van der Waals surface area (Å²) in [5, 5.41) is 0.595. The van der Waals surface area contributed by atoms with E-state index in [1.807, 2.05) is 6.92 Å². The van der Waals surface area contributed by atoms with Gasteiger partial charge in [0.2, 0.25) is 0 Å². The van der Waals surface area contributed by atoms with Crippen LogP contribution in [0.4, 0.5) is 0 Å². The van der Waals surface area contributed by atoms with Crippen molar-refractivity contribution in [3.63, 3.8) is 0 Å². The molecule has 5 nitrogen and oxygen atoms in total. The fraction of sp³-hybridized carbons (Fsp3) is 0.529. The van der Waals surface area contributed by atoms with E-state index in [1.54, 1.807) is 36.1 Å². The normalized spacial score (nSPS) is 16.7. The SMILES string of the molecule is CC[C@@H](Oc1ccc(Cl)cc1)C(=O)O[C@@H](C)C(=O)N1CCCC1. The van der Waals surface area contributed by atoms with Gasteiger partial charge in [-0.25, -0.2) is 4.79 Å². The van der Waals surface area contributed by atoms with Gasteiger partial charge in [0, 0.05) is 18.1 Å². The van der Waals surface area contributed by atoms with Crippen molar-refractivity contribution >= 4 is 23.5 Å². The van der Waals surface area contributed by atoms with Gasteiger partial charge in [0.25, 0.3) is 5.91 Å². The molecule has 0 spiro atoms. The van der Waals surface area contributed by atoms with Crippen molar-refractivity contribution in [3.8, 4) is 5.75 Å². The van der Waals surface area contributed by atoms with Crippen LogP contribution in [0.5, 0.6) is 5.75 Å². The van der Waals surface area contributed by atoms with E-state index in [9.17, 15) is 9.59 Å². The molecule has 0 unspecified atom stereocenters. The third kappa shape index (κ3) is 4.86. The molecule has 1 aromatic rings. The Morgan fingerprint density at radius 3 is 2.39 bits per heavy atom. The first-order chi connectivity index (χ1) is 11.0. The number of carbonyl (C=O) groups is 2. The predicted molar refractivity (Wildman–Crippen MR) is 87.5 cm³/mol. The highest BCUT2D eigenvalue weighted by atomic mass is 35.5. The molecule has 0 N–H and O–H groups in total. The molecule has 1 aliphatic rings. The van der Waals surface area contributed by atoms with Gasteiger partial charge in [-0.15, -0.1) is 0 Å². The largest absolute Gasteiger partial charge is 0.479 e. The standard InChI is InChI=1S/C17H22ClNO4/c1-3-15(23-14-8-6-13(18)7-9-14)17(21)22-12(2)16(20)19-10-4-5-11-19/h6-9,12,15H,3-5,10-11H2,1-2H3/t12-,15+/m0/s1. The molecule has 2 rings (SSSR count). The predicted octanol–water partition coefficient (Wildman–Crippen LogP) is 3.05. The summed E-state index contributed by atoms with van der Waals surface area (Å²) in [6, 6.07) is 6.76. The molecule has 0 radical (unpaired) electrons. The lowest BCUT2D eigenvalue weighted by Gasteiger charge is -2.23. The van der Waals surface area contributed by atoms with Crippen LogP contribution in [0.3, 0.4) is 0 Å². The second-order valence-corrected chi connectivity index (χ2v) is 6.02. The Morgan fingerprint density at radius 2 is 1.83 bits per heavy atom. The van der Waals surface area contributed by atoms with E-state index in [2.05, 4.69) is 0 Å². The van der Waals surface area contributed by atoms with Gasteiger partial charge in [0.1, 0.15) is 5.75 Å². The van der Waals surface area contributed by atoms with E-state index in [1.165, 1.54) is 0 Å². The molecule has 1 amide bonds. The number of likely N-dealkylation sites (tertiary alicyclic amines) is 1. The summed E-state index contributed by atoms with van der Waals surface area (Å²) < 4.78 is 10.9. The van der Waals surface area contributed by atoms with Gasteiger partial charge in [-0.05, 0) is 50.5 Å². The first-order valence-electron chi connectivity index (χ1n) is 7.92. The van der Waals surface area contributed by atoms with E-state index >= 15 is 0 Å². The van der Waals surface area contributed by atoms with Gasteiger partial charge in [-0.2, -0.15) is 0 Å². The zero-order chi connectivity index (χ0) is 16.8. The molecule has 1 saturated heterocycles. The third-order valence-corrected chi connectivity index (χ3v) is 4.04. The summed E-state index contributed by atoms with van der Waals surface area (Å²) in [7, 11) is 0. The average Bonchev–Trinajstić information content (AvgIpc) is 3.07. The Kier molecular flexibility index (Phi) is 6.28. The second kappa shape index (κ2) is 8.20. The maximum absolute atomic E-state index is 12.2. The number of nitrogens with zero attached hydrogens (tertiary/aromatic N) is 1. The number of rotatable bonds is 6. The highest BCUT2D eigenvalue weighted by Gasteiger charge is 2.29. The molecule has 0 saturated carbocycles. The van der Waals surface area contributed by atoms with E-state index in [4.69, 9.17) is 21.1 Å². The van der Waals surface area contributed by atoms with Crippen LogP contribution in [0.25, 0.3) is 0 Å². The minimum Gasteiger partial charge on any atom is -0.479 e. The van der Waals surface area contributed by atoms with Crippen molar-refractivity contribution in [1.29, 1.82) is 0 Å². The van der Waals surface area contributed by atoms with Crippen molar-refractivity contribution in [1.82, 2.24) is 4.90 Å². The van der Waals surface area contributed by atoms with Crippen LogP contribution in [-0.2, 0) is 14.3 Å². The number of amides is 1. The molecule has 23 heavy (non-hydrogen) atoms.